The maximum atomic E-state index is 13.2. The number of rotatable bonds is 4. The maximum Gasteiger partial charge on any atom is 0.279 e. The Morgan fingerprint density at radius 3 is 2.65 bits per heavy atom. The largest absolute Gasteiger partial charge is 0.326 e. The number of aromatic nitrogens is 2. The summed E-state index contributed by atoms with van der Waals surface area (Å²) in [5.74, 6) is -0.697. The lowest BCUT2D eigenvalue weighted by Crippen LogP contribution is -3.15. The molecule has 2 heterocycles. The molecule has 2 N–H and O–H groups in total. The highest BCUT2D eigenvalue weighted by molar-refractivity contribution is 5.92. The smallest absolute Gasteiger partial charge is 0.279 e. The minimum Gasteiger partial charge on any atom is -0.326 e. The molecular formula is C18H21FN5O2+. The minimum atomic E-state index is -0.388. The van der Waals surface area contributed by atoms with Gasteiger partial charge in [0, 0.05) is 11.9 Å². The van der Waals surface area contributed by atoms with Gasteiger partial charge in [0.15, 0.2) is 6.54 Å². The summed E-state index contributed by atoms with van der Waals surface area (Å²) in [6.45, 7) is 4.54. The molecule has 8 heteroatoms. The maximum absolute atomic E-state index is 13.2. The highest BCUT2D eigenvalue weighted by Crippen LogP contribution is 2.08. The van der Waals surface area contributed by atoms with Crippen molar-refractivity contribution in [3.05, 3.63) is 53.9 Å². The van der Waals surface area contributed by atoms with Crippen LogP contribution in [0.15, 0.2) is 36.7 Å². The van der Waals surface area contributed by atoms with Crippen molar-refractivity contribution in [1.29, 1.82) is 0 Å². The van der Waals surface area contributed by atoms with Crippen molar-refractivity contribution in [2.45, 2.75) is 6.92 Å². The van der Waals surface area contributed by atoms with Crippen molar-refractivity contribution in [1.82, 2.24) is 14.9 Å². The number of piperazine rings is 1. The van der Waals surface area contributed by atoms with Crippen LogP contribution in [0.2, 0.25) is 0 Å². The molecule has 136 valence electrons. The van der Waals surface area contributed by atoms with Gasteiger partial charge in [-0.15, -0.1) is 0 Å². The van der Waals surface area contributed by atoms with Gasteiger partial charge in [-0.3, -0.25) is 14.6 Å². The molecular weight excluding hydrogens is 337 g/mol. The number of amides is 2. The van der Waals surface area contributed by atoms with Crippen molar-refractivity contribution >= 4 is 17.5 Å². The van der Waals surface area contributed by atoms with Crippen molar-refractivity contribution in [3.8, 4) is 0 Å². The molecule has 0 saturated carbocycles. The zero-order valence-corrected chi connectivity index (χ0v) is 14.5. The second kappa shape index (κ2) is 8.01. The van der Waals surface area contributed by atoms with Gasteiger partial charge < -0.3 is 15.1 Å². The Morgan fingerprint density at radius 2 is 2.00 bits per heavy atom. The van der Waals surface area contributed by atoms with Gasteiger partial charge in [-0.05, 0) is 25.1 Å². The third kappa shape index (κ3) is 4.60. The first-order chi connectivity index (χ1) is 12.5. The Kier molecular flexibility index (Phi) is 5.52. The van der Waals surface area contributed by atoms with E-state index in [1.165, 1.54) is 18.3 Å². The van der Waals surface area contributed by atoms with E-state index in [2.05, 4.69) is 15.3 Å². The van der Waals surface area contributed by atoms with Crippen LogP contribution in [0.3, 0.4) is 0 Å². The second-order valence-electron chi connectivity index (χ2n) is 6.32. The van der Waals surface area contributed by atoms with E-state index in [1.807, 2.05) is 6.92 Å². The van der Waals surface area contributed by atoms with E-state index in [1.54, 1.807) is 23.2 Å². The predicted octanol–water partition coefficient (Wildman–Crippen LogP) is -0.0965. The van der Waals surface area contributed by atoms with Crippen LogP contribution < -0.4 is 10.2 Å². The van der Waals surface area contributed by atoms with E-state index in [0.29, 0.717) is 37.6 Å². The number of benzene rings is 1. The van der Waals surface area contributed by atoms with Gasteiger partial charge >= 0.3 is 0 Å². The molecule has 1 aliphatic rings. The molecule has 0 atom stereocenters. The fourth-order valence-electron chi connectivity index (χ4n) is 2.87. The first-order valence-electron chi connectivity index (χ1n) is 8.48. The zero-order chi connectivity index (χ0) is 18.5. The Hall–Kier alpha value is -2.87. The molecule has 2 amide bonds. The number of hydrogen-bond donors (Lipinski definition) is 2. The molecule has 1 aromatic carbocycles. The molecule has 0 radical (unpaired) electrons. The van der Waals surface area contributed by atoms with Gasteiger partial charge in [0.05, 0.1) is 38.1 Å². The SMILES string of the molecule is Cc1cnc(C(=O)N2CC[NH+](CC(=O)Nc3cccc(F)c3)CC2)cn1. The van der Waals surface area contributed by atoms with E-state index < -0.39 is 0 Å². The molecule has 3 rings (SSSR count). The van der Waals surface area contributed by atoms with Crippen LogP contribution in [0, 0.1) is 12.7 Å². The molecule has 1 aromatic heterocycles. The lowest BCUT2D eigenvalue weighted by molar-refractivity contribution is -0.895. The molecule has 0 spiro atoms. The second-order valence-corrected chi connectivity index (χ2v) is 6.32. The summed E-state index contributed by atoms with van der Waals surface area (Å²) < 4.78 is 13.2. The first-order valence-corrected chi connectivity index (χ1v) is 8.48. The quantitative estimate of drug-likeness (QED) is 0.800. The summed E-state index contributed by atoms with van der Waals surface area (Å²) in [7, 11) is 0. The predicted molar refractivity (Wildman–Crippen MR) is 93.3 cm³/mol. The van der Waals surface area contributed by atoms with Crippen molar-refractivity contribution in [2.24, 2.45) is 0 Å². The molecule has 2 aromatic rings. The highest BCUT2D eigenvalue weighted by atomic mass is 19.1. The Balaban J connectivity index is 1.48. The molecule has 26 heavy (non-hydrogen) atoms. The van der Waals surface area contributed by atoms with E-state index >= 15 is 0 Å². The summed E-state index contributed by atoms with van der Waals surface area (Å²) in [5.41, 5.74) is 1.55. The third-order valence-electron chi connectivity index (χ3n) is 4.28. The molecule has 0 aliphatic carbocycles. The number of nitrogens with zero attached hydrogens (tertiary/aromatic N) is 3. The topological polar surface area (TPSA) is 79.6 Å². The number of anilines is 1. The Morgan fingerprint density at radius 1 is 1.23 bits per heavy atom. The van der Waals surface area contributed by atoms with Crippen molar-refractivity contribution < 1.29 is 18.9 Å². The van der Waals surface area contributed by atoms with Gasteiger partial charge in [-0.2, -0.15) is 0 Å². The van der Waals surface area contributed by atoms with Crippen LogP contribution >= 0.6 is 0 Å². The fraction of sp³-hybridized carbons (Fsp3) is 0.333. The fourth-order valence-corrected chi connectivity index (χ4v) is 2.87. The van der Waals surface area contributed by atoms with Crippen molar-refractivity contribution in [2.75, 3.05) is 38.0 Å². The van der Waals surface area contributed by atoms with Crippen LogP contribution in [0.1, 0.15) is 16.2 Å². The lowest BCUT2D eigenvalue weighted by atomic mass is 10.2. The minimum absolute atomic E-state index is 0.138. The number of quaternary nitrogens is 1. The Labute approximate surface area is 150 Å². The summed E-state index contributed by atoms with van der Waals surface area (Å²) in [5, 5.41) is 2.70. The number of carbonyl (C=O) groups is 2. The lowest BCUT2D eigenvalue weighted by Gasteiger charge is -2.31. The third-order valence-corrected chi connectivity index (χ3v) is 4.28. The molecule has 0 bridgehead atoms. The van der Waals surface area contributed by atoms with Gasteiger partial charge in [-0.1, -0.05) is 6.07 Å². The average molecular weight is 358 g/mol. The average Bonchev–Trinajstić information content (AvgIpc) is 2.62. The zero-order valence-electron chi connectivity index (χ0n) is 14.5. The van der Waals surface area contributed by atoms with Crippen molar-refractivity contribution in [3.63, 3.8) is 0 Å². The standard InChI is InChI=1S/C18H20FN5O2/c1-13-10-21-16(11-20-13)18(26)24-7-5-23(6-8-24)12-17(25)22-15-4-2-3-14(19)9-15/h2-4,9-11H,5-8,12H2,1H3,(H,22,25)/p+1. The van der Waals surface area contributed by atoms with Crippen LogP contribution in [-0.2, 0) is 4.79 Å². The molecule has 1 saturated heterocycles. The van der Waals surface area contributed by atoms with E-state index in [9.17, 15) is 14.0 Å². The molecule has 7 nitrogen and oxygen atoms in total. The molecule has 1 fully saturated rings. The van der Waals surface area contributed by atoms with Gasteiger partial charge in [0.2, 0.25) is 0 Å². The van der Waals surface area contributed by atoms with Gasteiger partial charge in [0.25, 0.3) is 11.8 Å². The number of aryl methyl sites for hydroxylation is 1. The number of halogens is 1. The van der Waals surface area contributed by atoms with Crippen LogP contribution in [0.4, 0.5) is 10.1 Å². The van der Waals surface area contributed by atoms with E-state index in [0.717, 1.165) is 10.6 Å². The normalized spacial score (nSPS) is 14.9. The van der Waals surface area contributed by atoms with Gasteiger partial charge in [0.1, 0.15) is 11.5 Å². The number of carbonyl (C=O) groups excluding carboxylic acids is 2. The summed E-state index contributed by atoms with van der Waals surface area (Å²) in [6.07, 6.45) is 3.06. The Bertz CT molecular complexity index is 788. The van der Waals surface area contributed by atoms with Crippen LogP contribution in [0.25, 0.3) is 0 Å². The highest BCUT2D eigenvalue weighted by Gasteiger charge is 2.26. The van der Waals surface area contributed by atoms with E-state index in [4.69, 9.17) is 0 Å². The summed E-state index contributed by atoms with van der Waals surface area (Å²) in [6, 6.07) is 5.81. The van der Waals surface area contributed by atoms with E-state index in [-0.39, 0.29) is 24.2 Å². The molecule has 1 aliphatic heterocycles. The summed E-state index contributed by atoms with van der Waals surface area (Å²) >= 11 is 0. The summed E-state index contributed by atoms with van der Waals surface area (Å²) in [4.78, 5) is 35.6. The van der Waals surface area contributed by atoms with Crippen LogP contribution in [0.5, 0.6) is 0 Å². The monoisotopic (exact) mass is 358 g/mol. The van der Waals surface area contributed by atoms with Crippen LogP contribution in [-0.4, -0.2) is 59.4 Å². The number of hydrogen-bond acceptors (Lipinski definition) is 4. The number of nitrogens with one attached hydrogen (secondary N) is 2. The molecule has 0 unspecified atom stereocenters. The first kappa shape index (κ1) is 17.9. The van der Waals surface area contributed by atoms with Gasteiger partial charge in [-0.25, -0.2) is 9.37 Å².